The molecule has 0 saturated carbocycles. The predicted octanol–water partition coefficient (Wildman–Crippen LogP) is 5.01. The summed E-state index contributed by atoms with van der Waals surface area (Å²) < 4.78 is 0. The number of hydrogen-bond acceptors (Lipinski definition) is 0. The van der Waals surface area contributed by atoms with Gasteiger partial charge in [-0.15, -0.1) is 0 Å². The Labute approximate surface area is 110 Å². The minimum Gasteiger partial charge on any atom is -0.358 e. The predicted molar refractivity (Wildman–Crippen MR) is 80.0 cm³/mol. The zero-order valence-electron chi connectivity index (χ0n) is 11.9. The van der Waals surface area contributed by atoms with Crippen molar-refractivity contribution in [2.75, 3.05) is 0 Å². The molecular weight excluding hydrogens is 218 g/mol. The van der Waals surface area contributed by atoms with E-state index in [4.69, 9.17) is 0 Å². The van der Waals surface area contributed by atoms with Crippen LogP contribution in [0.25, 0.3) is 10.9 Å². The van der Waals surface area contributed by atoms with Crippen LogP contribution in [0.1, 0.15) is 38.4 Å². The summed E-state index contributed by atoms with van der Waals surface area (Å²) in [6, 6.07) is 8.56. The summed E-state index contributed by atoms with van der Waals surface area (Å²) in [7, 11) is 0. The molecule has 2 rings (SSSR count). The fourth-order valence-corrected chi connectivity index (χ4v) is 2.46. The Morgan fingerprint density at radius 3 is 2.72 bits per heavy atom. The normalized spacial score (nSPS) is 14.1. The van der Waals surface area contributed by atoms with Crippen LogP contribution in [0.15, 0.2) is 35.9 Å². The fraction of sp³-hybridized carbons (Fsp3) is 0.412. The van der Waals surface area contributed by atoms with Gasteiger partial charge in [-0.1, -0.05) is 36.8 Å². The van der Waals surface area contributed by atoms with E-state index in [0.717, 1.165) is 6.42 Å². The summed E-state index contributed by atoms with van der Waals surface area (Å²) in [5.74, 6) is 0.667. The summed E-state index contributed by atoms with van der Waals surface area (Å²) in [5.41, 5.74) is 5.56. The van der Waals surface area contributed by atoms with Crippen molar-refractivity contribution in [1.82, 2.24) is 4.98 Å². The monoisotopic (exact) mass is 241 g/mol. The number of aromatic amines is 1. The second-order valence-corrected chi connectivity index (χ2v) is 5.25. The maximum Gasteiger partial charge on any atom is 0.0458 e. The van der Waals surface area contributed by atoms with Crippen molar-refractivity contribution in [3.63, 3.8) is 0 Å². The first-order valence-corrected chi connectivity index (χ1v) is 6.82. The van der Waals surface area contributed by atoms with Crippen LogP contribution in [0.5, 0.6) is 0 Å². The molecule has 1 heteroatoms. The van der Waals surface area contributed by atoms with Crippen LogP contribution in [0.4, 0.5) is 0 Å². The highest BCUT2D eigenvalue weighted by atomic mass is 14.7. The molecule has 1 atom stereocenters. The van der Waals surface area contributed by atoms with Crippen molar-refractivity contribution in [3.8, 4) is 0 Å². The molecule has 1 aromatic heterocycles. The Morgan fingerprint density at radius 2 is 2.06 bits per heavy atom. The molecule has 0 bridgehead atoms. The van der Waals surface area contributed by atoms with Crippen molar-refractivity contribution in [1.29, 1.82) is 0 Å². The Bertz CT molecular complexity index is 560. The average Bonchev–Trinajstić information content (AvgIpc) is 2.72. The minimum absolute atomic E-state index is 0.667. The van der Waals surface area contributed by atoms with Gasteiger partial charge in [0.05, 0.1) is 0 Å². The highest BCUT2D eigenvalue weighted by molar-refractivity contribution is 5.84. The van der Waals surface area contributed by atoms with Crippen molar-refractivity contribution in [3.05, 3.63) is 47.2 Å². The van der Waals surface area contributed by atoms with Gasteiger partial charge in [0, 0.05) is 16.6 Å². The average molecular weight is 241 g/mol. The third-order valence-electron chi connectivity index (χ3n) is 4.13. The first-order chi connectivity index (χ1) is 8.63. The summed E-state index contributed by atoms with van der Waals surface area (Å²) in [4.78, 5) is 3.56. The molecule has 0 spiro atoms. The quantitative estimate of drug-likeness (QED) is 0.724. The van der Waals surface area contributed by atoms with E-state index in [-0.39, 0.29) is 0 Å². The topological polar surface area (TPSA) is 15.8 Å². The van der Waals surface area contributed by atoms with Crippen LogP contribution in [0.3, 0.4) is 0 Å². The fourth-order valence-electron chi connectivity index (χ4n) is 2.46. The van der Waals surface area contributed by atoms with E-state index in [2.05, 4.69) is 63.0 Å². The zero-order chi connectivity index (χ0) is 13.1. The van der Waals surface area contributed by atoms with E-state index in [1.54, 1.807) is 0 Å². The molecule has 0 aliphatic heterocycles. The largest absolute Gasteiger partial charge is 0.358 e. The maximum absolute atomic E-state index is 3.56. The summed E-state index contributed by atoms with van der Waals surface area (Å²) in [6.07, 6.45) is 4.57. The number of aryl methyl sites for hydroxylation is 2. The molecule has 0 amide bonds. The van der Waals surface area contributed by atoms with Gasteiger partial charge < -0.3 is 4.98 Å². The molecule has 1 aromatic carbocycles. The number of nitrogens with one attached hydrogen (secondary N) is 1. The molecule has 1 heterocycles. The lowest BCUT2D eigenvalue weighted by Gasteiger charge is -2.11. The maximum atomic E-state index is 3.56. The molecular formula is C17H23N. The standard InChI is InChI=1S/C17H23N/c1-5-12(2)13(3)10-11-16-14(4)15-8-6-7-9-17(15)18-16/h5-9,13,18H,10-11H2,1-4H3/b12-5+. The third kappa shape index (κ3) is 2.50. The van der Waals surface area contributed by atoms with E-state index in [0.29, 0.717) is 5.92 Å². The summed E-state index contributed by atoms with van der Waals surface area (Å²) in [5, 5.41) is 1.36. The highest BCUT2D eigenvalue weighted by Gasteiger charge is 2.09. The Kier molecular flexibility index (Phi) is 3.90. The highest BCUT2D eigenvalue weighted by Crippen LogP contribution is 2.24. The molecule has 0 radical (unpaired) electrons. The van der Waals surface area contributed by atoms with Gasteiger partial charge in [-0.25, -0.2) is 0 Å². The first kappa shape index (κ1) is 12.9. The smallest absolute Gasteiger partial charge is 0.0458 e. The van der Waals surface area contributed by atoms with Crippen LogP contribution in [-0.4, -0.2) is 4.98 Å². The molecule has 0 aliphatic carbocycles. The number of rotatable bonds is 4. The van der Waals surface area contributed by atoms with Gasteiger partial charge in [-0.3, -0.25) is 0 Å². The molecule has 1 nitrogen and oxygen atoms in total. The number of hydrogen-bond donors (Lipinski definition) is 1. The van der Waals surface area contributed by atoms with Crippen molar-refractivity contribution in [2.45, 2.75) is 40.5 Å². The lowest BCUT2D eigenvalue weighted by molar-refractivity contribution is 0.606. The van der Waals surface area contributed by atoms with Gasteiger partial charge >= 0.3 is 0 Å². The Hall–Kier alpha value is -1.50. The third-order valence-corrected chi connectivity index (χ3v) is 4.13. The molecule has 1 N–H and O–H groups in total. The Morgan fingerprint density at radius 1 is 1.33 bits per heavy atom. The van der Waals surface area contributed by atoms with Crippen molar-refractivity contribution >= 4 is 10.9 Å². The zero-order valence-corrected chi connectivity index (χ0v) is 11.9. The molecule has 0 saturated heterocycles. The lowest BCUT2D eigenvalue weighted by atomic mass is 9.95. The van der Waals surface area contributed by atoms with E-state index >= 15 is 0 Å². The van der Waals surface area contributed by atoms with Crippen molar-refractivity contribution in [2.24, 2.45) is 5.92 Å². The van der Waals surface area contributed by atoms with E-state index in [1.165, 1.54) is 34.2 Å². The number of fused-ring (bicyclic) bond motifs is 1. The minimum atomic E-state index is 0.667. The van der Waals surface area contributed by atoms with Gasteiger partial charge in [0.15, 0.2) is 0 Å². The second-order valence-electron chi connectivity index (χ2n) is 5.25. The number of benzene rings is 1. The summed E-state index contributed by atoms with van der Waals surface area (Å²) in [6.45, 7) is 8.89. The van der Waals surface area contributed by atoms with Gasteiger partial charge in [-0.05, 0) is 51.2 Å². The molecule has 96 valence electrons. The molecule has 0 aliphatic rings. The van der Waals surface area contributed by atoms with E-state index in [1.807, 2.05) is 0 Å². The number of allylic oxidation sites excluding steroid dienone is 2. The van der Waals surface area contributed by atoms with Crippen molar-refractivity contribution < 1.29 is 0 Å². The lowest BCUT2D eigenvalue weighted by Crippen LogP contribution is -2.00. The van der Waals surface area contributed by atoms with Gasteiger partial charge in [0.25, 0.3) is 0 Å². The van der Waals surface area contributed by atoms with E-state index in [9.17, 15) is 0 Å². The number of para-hydroxylation sites is 1. The van der Waals surface area contributed by atoms with Crippen LogP contribution >= 0.6 is 0 Å². The second kappa shape index (κ2) is 5.43. The van der Waals surface area contributed by atoms with Crippen LogP contribution in [0, 0.1) is 12.8 Å². The molecule has 0 fully saturated rings. The molecule has 2 aromatic rings. The Balaban J connectivity index is 2.15. The van der Waals surface area contributed by atoms with Crippen LogP contribution in [-0.2, 0) is 6.42 Å². The van der Waals surface area contributed by atoms with Crippen LogP contribution < -0.4 is 0 Å². The van der Waals surface area contributed by atoms with E-state index < -0.39 is 0 Å². The van der Waals surface area contributed by atoms with Gasteiger partial charge in [-0.2, -0.15) is 0 Å². The molecule has 18 heavy (non-hydrogen) atoms. The first-order valence-electron chi connectivity index (χ1n) is 6.82. The van der Waals surface area contributed by atoms with Gasteiger partial charge in [0.1, 0.15) is 0 Å². The summed E-state index contributed by atoms with van der Waals surface area (Å²) >= 11 is 0. The molecule has 1 unspecified atom stereocenters. The number of H-pyrrole nitrogens is 1. The van der Waals surface area contributed by atoms with Crippen LogP contribution in [0.2, 0.25) is 0 Å². The SMILES string of the molecule is C/C=C(\C)C(C)CCc1[nH]c2ccccc2c1C. The number of aromatic nitrogens is 1. The van der Waals surface area contributed by atoms with Gasteiger partial charge in [0.2, 0.25) is 0 Å².